The predicted molar refractivity (Wildman–Crippen MR) is 90.7 cm³/mol. The van der Waals surface area contributed by atoms with Crippen LogP contribution in [0.15, 0.2) is 29.8 Å². The van der Waals surface area contributed by atoms with Crippen molar-refractivity contribution in [1.82, 2.24) is 9.88 Å². The SMILES string of the molecule is Cc1ccc(C(=O)N(Cc2nccs2)C2CC2)cc1OCCN. The zero-order valence-corrected chi connectivity index (χ0v) is 14.0. The number of hydrogen-bond donors (Lipinski definition) is 1. The molecule has 6 heteroatoms. The van der Waals surface area contributed by atoms with Crippen LogP contribution in [0.2, 0.25) is 0 Å². The Bertz CT molecular complexity index is 668. The summed E-state index contributed by atoms with van der Waals surface area (Å²) >= 11 is 1.58. The highest BCUT2D eigenvalue weighted by Crippen LogP contribution is 2.31. The second kappa shape index (κ2) is 7.10. The normalized spacial score (nSPS) is 13.8. The van der Waals surface area contributed by atoms with Gasteiger partial charge in [0.2, 0.25) is 0 Å². The number of benzene rings is 1. The molecule has 1 amide bonds. The predicted octanol–water partition coefficient (Wildman–Crippen LogP) is 2.59. The number of carbonyl (C=O) groups is 1. The van der Waals surface area contributed by atoms with Crippen LogP contribution in [0.4, 0.5) is 0 Å². The molecule has 122 valence electrons. The maximum Gasteiger partial charge on any atom is 0.254 e. The van der Waals surface area contributed by atoms with Crippen LogP contribution >= 0.6 is 11.3 Å². The van der Waals surface area contributed by atoms with Gasteiger partial charge in [-0.15, -0.1) is 11.3 Å². The van der Waals surface area contributed by atoms with E-state index in [2.05, 4.69) is 4.98 Å². The highest BCUT2D eigenvalue weighted by atomic mass is 32.1. The number of nitrogens with zero attached hydrogens (tertiary/aromatic N) is 2. The third-order valence-electron chi connectivity index (χ3n) is 3.85. The molecule has 0 atom stereocenters. The number of thiazole rings is 1. The Balaban J connectivity index is 1.79. The fourth-order valence-electron chi connectivity index (χ4n) is 2.45. The van der Waals surface area contributed by atoms with Gasteiger partial charge in [0.05, 0.1) is 6.54 Å². The van der Waals surface area contributed by atoms with Crippen molar-refractivity contribution < 1.29 is 9.53 Å². The van der Waals surface area contributed by atoms with Crippen molar-refractivity contribution in [2.24, 2.45) is 5.73 Å². The number of carbonyl (C=O) groups excluding carboxylic acids is 1. The molecule has 0 radical (unpaired) electrons. The Morgan fingerprint density at radius 3 is 2.96 bits per heavy atom. The van der Waals surface area contributed by atoms with Crippen molar-refractivity contribution in [3.8, 4) is 5.75 Å². The van der Waals surface area contributed by atoms with Crippen LogP contribution in [0.3, 0.4) is 0 Å². The Morgan fingerprint density at radius 2 is 2.30 bits per heavy atom. The molecule has 0 saturated heterocycles. The second-order valence-electron chi connectivity index (χ2n) is 5.71. The Kier molecular flexibility index (Phi) is 4.93. The molecule has 2 N–H and O–H groups in total. The molecular formula is C17H21N3O2S. The summed E-state index contributed by atoms with van der Waals surface area (Å²) in [6.07, 6.45) is 3.92. The van der Waals surface area contributed by atoms with E-state index in [-0.39, 0.29) is 5.91 Å². The molecule has 1 aliphatic rings. The van der Waals surface area contributed by atoms with Gasteiger partial charge < -0.3 is 15.4 Å². The van der Waals surface area contributed by atoms with Crippen molar-refractivity contribution in [1.29, 1.82) is 0 Å². The summed E-state index contributed by atoms with van der Waals surface area (Å²) in [5.41, 5.74) is 7.16. The van der Waals surface area contributed by atoms with E-state index in [1.807, 2.05) is 35.4 Å². The summed E-state index contributed by atoms with van der Waals surface area (Å²) in [4.78, 5) is 19.1. The Labute approximate surface area is 140 Å². The zero-order chi connectivity index (χ0) is 16.2. The number of aryl methyl sites for hydroxylation is 1. The average molecular weight is 331 g/mol. The Hall–Kier alpha value is -1.92. The second-order valence-corrected chi connectivity index (χ2v) is 6.69. The fourth-order valence-corrected chi connectivity index (χ4v) is 3.07. The van der Waals surface area contributed by atoms with Crippen molar-refractivity contribution >= 4 is 17.2 Å². The summed E-state index contributed by atoms with van der Waals surface area (Å²) in [6, 6.07) is 5.95. The zero-order valence-electron chi connectivity index (χ0n) is 13.2. The topological polar surface area (TPSA) is 68.5 Å². The first-order chi connectivity index (χ1) is 11.2. The van der Waals surface area contributed by atoms with Crippen molar-refractivity contribution in [3.63, 3.8) is 0 Å². The number of amides is 1. The van der Waals surface area contributed by atoms with Gasteiger partial charge in [-0.1, -0.05) is 6.07 Å². The smallest absolute Gasteiger partial charge is 0.254 e. The van der Waals surface area contributed by atoms with Crippen LogP contribution in [0.5, 0.6) is 5.75 Å². The molecule has 2 aromatic rings. The third-order valence-corrected chi connectivity index (χ3v) is 4.61. The number of ether oxygens (including phenoxy) is 1. The maximum absolute atomic E-state index is 12.9. The molecule has 1 heterocycles. The van der Waals surface area contributed by atoms with Gasteiger partial charge in [0.15, 0.2) is 0 Å². The summed E-state index contributed by atoms with van der Waals surface area (Å²) in [5, 5.41) is 2.91. The van der Waals surface area contributed by atoms with E-state index in [1.54, 1.807) is 17.5 Å². The van der Waals surface area contributed by atoms with Crippen LogP contribution < -0.4 is 10.5 Å². The van der Waals surface area contributed by atoms with E-state index in [9.17, 15) is 4.79 Å². The van der Waals surface area contributed by atoms with E-state index < -0.39 is 0 Å². The highest BCUT2D eigenvalue weighted by Gasteiger charge is 2.33. The van der Waals surface area contributed by atoms with Gasteiger partial charge >= 0.3 is 0 Å². The van der Waals surface area contributed by atoms with E-state index in [1.165, 1.54) is 0 Å². The molecule has 1 aromatic carbocycles. The van der Waals surface area contributed by atoms with Crippen LogP contribution in [0, 0.1) is 6.92 Å². The minimum absolute atomic E-state index is 0.0419. The lowest BCUT2D eigenvalue weighted by molar-refractivity contribution is 0.0729. The van der Waals surface area contributed by atoms with Crippen LogP contribution in [0.25, 0.3) is 0 Å². The number of nitrogens with two attached hydrogens (primary N) is 1. The van der Waals surface area contributed by atoms with E-state index in [0.717, 1.165) is 29.2 Å². The Morgan fingerprint density at radius 1 is 1.48 bits per heavy atom. The van der Waals surface area contributed by atoms with Crippen molar-refractivity contribution in [2.45, 2.75) is 32.4 Å². The van der Waals surface area contributed by atoms with E-state index >= 15 is 0 Å². The first-order valence-electron chi connectivity index (χ1n) is 7.82. The van der Waals surface area contributed by atoms with Crippen LogP contribution in [0.1, 0.15) is 33.8 Å². The van der Waals surface area contributed by atoms with Gasteiger partial charge in [0.25, 0.3) is 5.91 Å². The summed E-state index contributed by atoms with van der Waals surface area (Å²) in [5.74, 6) is 0.770. The van der Waals surface area contributed by atoms with Crippen molar-refractivity contribution in [3.05, 3.63) is 45.9 Å². The lowest BCUT2D eigenvalue weighted by atomic mass is 10.1. The monoisotopic (exact) mass is 331 g/mol. The molecule has 0 unspecified atom stereocenters. The number of hydrogen-bond acceptors (Lipinski definition) is 5. The first-order valence-corrected chi connectivity index (χ1v) is 8.70. The number of aromatic nitrogens is 1. The van der Waals surface area contributed by atoms with Gasteiger partial charge in [-0.2, -0.15) is 0 Å². The van der Waals surface area contributed by atoms with Gasteiger partial charge in [0.1, 0.15) is 17.4 Å². The molecule has 0 bridgehead atoms. The molecule has 0 aliphatic heterocycles. The van der Waals surface area contributed by atoms with Gasteiger partial charge in [0, 0.05) is 29.7 Å². The van der Waals surface area contributed by atoms with Crippen LogP contribution in [-0.4, -0.2) is 35.0 Å². The largest absolute Gasteiger partial charge is 0.492 e. The molecule has 23 heavy (non-hydrogen) atoms. The molecule has 1 fully saturated rings. The van der Waals surface area contributed by atoms with Crippen LogP contribution in [-0.2, 0) is 6.54 Å². The maximum atomic E-state index is 12.9. The molecule has 0 spiro atoms. The van der Waals surface area contributed by atoms with Gasteiger partial charge in [-0.25, -0.2) is 4.98 Å². The summed E-state index contributed by atoms with van der Waals surface area (Å²) in [7, 11) is 0. The quantitative estimate of drug-likeness (QED) is 0.847. The van der Waals surface area contributed by atoms with E-state index in [4.69, 9.17) is 10.5 Å². The standard InChI is InChI=1S/C17H21N3O2S/c1-12-2-3-13(10-15(12)22-8-6-18)17(21)20(14-4-5-14)11-16-19-7-9-23-16/h2-3,7,9-10,14H,4-6,8,11,18H2,1H3. The molecular weight excluding hydrogens is 310 g/mol. The lowest BCUT2D eigenvalue weighted by Gasteiger charge is -2.22. The summed E-state index contributed by atoms with van der Waals surface area (Å²) < 4.78 is 5.63. The van der Waals surface area contributed by atoms with Crippen molar-refractivity contribution in [2.75, 3.05) is 13.2 Å². The molecule has 1 aromatic heterocycles. The highest BCUT2D eigenvalue weighted by molar-refractivity contribution is 7.09. The number of rotatable bonds is 7. The first kappa shape index (κ1) is 16.0. The molecule has 3 rings (SSSR count). The average Bonchev–Trinajstić information content (AvgIpc) is 3.27. The third kappa shape index (κ3) is 3.89. The minimum atomic E-state index is 0.0419. The van der Waals surface area contributed by atoms with Gasteiger partial charge in [-0.05, 0) is 37.5 Å². The van der Waals surface area contributed by atoms with Gasteiger partial charge in [-0.3, -0.25) is 4.79 Å². The fraction of sp³-hybridized carbons (Fsp3) is 0.412. The van der Waals surface area contributed by atoms with E-state index in [0.29, 0.717) is 31.3 Å². The molecule has 5 nitrogen and oxygen atoms in total. The molecule has 1 aliphatic carbocycles. The summed E-state index contributed by atoms with van der Waals surface area (Å²) in [6.45, 7) is 3.45. The molecule has 1 saturated carbocycles. The minimum Gasteiger partial charge on any atom is -0.492 e. The lowest BCUT2D eigenvalue weighted by Crippen LogP contribution is -2.32.